The first kappa shape index (κ1) is 16.2. The first-order chi connectivity index (χ1) is 9.93. The molecule has 0 radical (unpaired) electrons. The number of rotatable bonds is 8. The van der Waals surface area contributed by atoms with Crippen LogP contribution in [-0.4, -0.2) is 35.0 Å². The molecule has 1 aromatic rings. The Balaban J connectivity index is 1.94. The number of carboxylic acid groups (broad SMARTS) is 1. The summed E-state index contributed by atoms with van der Waals surface area (Å²) >= 11 is 1.70. The largest absolute Gasteiger partial charge is 0.497 e. The highest BCUT2D eigenvalue weighted by Gasteiger charge is 2.39. The number of hydrogen-bond acceptors (Lipinski definition) is 4. The summed E-state index contributed by atoms with van der Waals surface area (Å²) in [6.45, 7) is 3.86. The van der Waals surface area contributed by atoms with Crippen molar-refractivity contribution < 1.29 is 14.6 Å². The first-order valence-corrected chi connectivity index (χ1v) is 8.13. The Kier molecular flexibility index (Phi) is 5.17. The van der Waals surface area contributed by atoms with Gasteiger partial charge in [-0.15, -0.1) is 11.8 Å². The standard InChI is InChI=1S/C16H23NO3S/c1-11(21-14-8-6-13(20-3)7-9-14)10-16(2,15(18)19)17-12-4-5-12/h6-9,11-12,17H,4-5,10H2,1-3H3,(H,18,19). The van der Waals surface area contributed by atoms with Crippen molar-refractivity contribution in [3.8, 4) is 5.75 Å². The third kappa shape index (κ3) is 4.64. The van der Waals surface area contributed by atoms with E-state index >= 15 is 0 Å². The summed E-state index contributed by atoms with van der Waals surface area (Å²) in [5.74, 6) is 0.0642. The molecular formula is C16H23NO3S. The van der Waals surface area contributed by atoms with E-state index in [1.54, 1.807) is 25.8 Å². The van der Waals surface area contributed by atoms with Crippen LogP contribution in [0.15, 0.2) is 29.2 Å². The number of benzene rings is 1. The monoisotopic (exact) mass is 309 g/mol. The van der Waals surface area contributed by atoms with Gasteiger partial charge in [0.1, 0.15) is 11.3 Å². The number of methoxy groups -OCH3 is 1. The normalized spacial score (nSPS) is 18.8. The third-order valence-electron chi connectivity index (χ3n) is 3.66. The molecule has 0 amide bonds. The lowest BCUT2D eigenvalue weighted by Gasteiger charge is -2.29. The van der Waals surface area contributed by atoms with Gasteiger partial charge in [0.25, 0.3) is 0 Å². The molecule has 2 N–H and O–H groups in total. The minimum Gasteiger partial charge on any atom is -0.497 e. The molecule has 2 rings (SSSR count). The molecule has 0 saturated heterocycles. The van der Waals surface area contributed by atoms with Gasteiger partial charge in [0, 0.05) is 16.2 Å². The van der Waals surface area contributed by atoms with Crippen molar-refractivity contribution in [2.45, 2.75) is 54.8 Å². The minimum absolute atomic E-state index is 0.214. The van der Waals surface area contributed by atoms with Crippen molar-refractivity contribution >= 4 is 17.7 Å². The summed E-state index contributed by atoms with van der Waals surface area (Å²) in [4.78, 5) is 12.7. The maximum absolute atomic E-state index is 11.6. The number of carboxylic acids is 1. The van der Waals surface area contributed by atoms with Gasteiger partial charge in [-0.25, -0.2) is 0 Å². The van der Waals surface area contributed by atoms with E-state index < -0.39 is 11.5 Å². The number of nitrogens with one attached hydrogen (secondary N) is 1. The van der Waals surface area contributed by atoms with E-state index in [4.69, 9.17) is 4.74 Å². The van der Waals surface area contributed by atoms with Crippen LogP contribution in [0.1, 0.15) is 33.1 Å². The van der Waals surface area contributed by atoms with Crippen LogP contribution in [0.25, 0.3) is 0 Å². The maximum atomic E-state index is 11.6. The zero-order valence-corrected chi connectivity index (χ0v) is 13.6. The summed E-state index contributed by atoms with van der Waals surface area (Å²) in [7, 11) is 1.65. The van der Waals surface area contributed by atoms with Crippen molar-refractivity contribution in [1.29, 1.82) is 0 Å². The van der Waals surface area contributed by atoms with Gasteiger partial charge in [0.2, 0.25) is 0 Å². The van der Waals surface area contributed by atoms with Crippen LogP contribution in [0.3, 0.4) is 0 Å². The molecule has 0 bridgehead atoms. The van der Waals surface area contributed by atoms with Crippen LogP contribution in [0.4, 0.5) is 0 Å². The summed E-state index contributed by atoms with van der Waals surface area (Å²) in [5, 5.41) is 13.0. The van der Waals surface area contributed by atoms with E-state index in [9.17, 15) is 9.90 Å². The van der Waals surface area contributed by atoms with Gasteiger partial charge in [-0.05, 0) is 50.5 Å². The van der Waals surface area contributed by atoms with Gasteiger partial charge in [-0.3, -0.25) is 10.1 Å². The molecule has 0 aromatic heterocycles. The highest BCUT2D eigenvalue weighted by atomic mass is 32.2. The third-order valence-corrected chi connectivity index (χ3v) is 4.78. The molecule has 2 atom stereocenters. The molecule has 21 heavy (non-hydrogen) atoms. The second-order valence-corrected chi connectivity index (χ2v) is 7.38. The van der Waals surface area contributed by atoms with Crippen LogP contribution in [-0.2, 0) is 4.79 Å². The lowest BCUT2D eigenvalue weighted by molar-refractivity contribution is -0.144. The molecule has 2 unspecified atom stereocenters. The summed E-state index contributed by atoms with van der Waals surface area (Å²) < 4.78 is 5.14. The number of thioether (sulfide) groups is 1. The lowest BCUT2D eigenvalue weighted by atomic mass is 9.96. The zero-order chi connectivity index (χ0) is 15.5. The molecule has 0 spiro atoms. The Morgan fingerprint density at radius 2 is 2.10 bits per heavy atom. The highest BCUT2D eigenvalue weighted by Crippen LogP contribution is 2.32. The molecule has 5 heteroatoms. The number of hydrogen-bond donors (Lipinski definition) is 2. The minimum atomic E-state index is -0.847. The van der Waals surface area contributed by atoms with Crippen molar-refractivity contribution in [1.82, 2.24) is 5.32 Å². The average Bonchev–Trinajstić information content (AvgIpc) is 3.22. The SMILES string of the molecule is COc1ccc(SC(C)CC(C)(NC2CC2)C(=O)O)cc1. The lowest BCUT2D eigenvalue weighted by Crippen LogP contribution is -2.51. The highest BCUT2D eigenvalue weighted by molar-refractivity contribution is 7.99. The van der Waals surface area contributed by atoms with E-state index in [0.29, 0.717) is 12.5 Å². The second kappa shape index (κ2) is 6.71. The Labute approximate surface area is 130 Å². The molecule has 1 aliphatic rings. The fourth-order valence-electron chi connectivity index (χ4n) is 2.39. The molecule has 1 aromatic carbocycles. The van der Waals surface area contributed by atoms with Crippen LogP contribution >= 0.6 is 11.8 Å². The average molecular weight is 309 g/mol. The molecule has 1 saturated carbocycles. The molecule has 1 fully saturated rings. The van der Waals surface area contributed by atoms with Crippen molar-refractivity contribution in [3.05, 3.63) is 24.3 Å². The van der Waals surface area contributed by atoms with Crippen LogP contribution < -0.4 is 10.1 Å². The molecule has 4 nitrogen and oxygen atoms in total. The summed E-state index contributed by atoms with van der Waals surface area (Å²) in [6, 6.07) is 8.24. The fourth-order valence-corrected chi connectivity index (χ4v) is 3.56. The van der Waals surface area contributed by atoms with Crippen molar-refractivity contribution in [2.75, 3.05) is 7.11 Å². The van der Waals surface area contributed by atoms with E-state index in [1.807, 2.05) is 24.3 Å². The van der Waals surface area contributed by atoms with E-state index in [-0.39, 0.29) is 5.25 Å². The summed E-state index contributed by atoms with van der Waals surface area (Å²) in [5.41, 5.74) is -0.847. The van der Waals surface area contributed by atoms with Crippen molar-refractivity contribution in [2.24, 2.45) is 0 Å². The molecule has 1 aliphatic carbocycles. The second-order valence-electron chi connectivity index (χ2n) is 5.86. The Morgan fingerprint density at radius 1 is 1.48 bits per heavy atom. The smallest absolute Gasteiger partial charge is 0.323 e. The van der Waals surface area contributed by atoms with Crippen molar-refractivity contribution in [3.63, 3.8) is 0 Å². The molecule has 0 heterocycles. The van der Waals surface area contributed by atoms with Crippen LogP contribution in [0, 0.1) is 0 Å². The number of carbonyl (C=O) groups is 1. The van der Waals surface area contributed by atoms with Gasteiger partial charge in [-0.1, -0.05) is 6.92 Å². The summed E-state index contributed by atoms with van der Waals surface area (Å²) in [6.07, 6.45) is 2.77. The maximum Gasteiger partial charge on any atom is 0.323 e. The van der Waals surface area contributed by atoms with Crippen LogP contribution in [0.5, 0.6) is 5.75 Å². The van der Waals surface area contributed by atoms with E-state index in [0.717, 1.165) is 23.5 Å². The quantitative estimate of drug-likeness (QED) is 0.722. The molecular weight excluding hydrogens is 286 g/mol. The predicted octanol–water partition coefficient (Wildman–Crippen LogP) is 3.16. The van der Waals surface area contributed by atoms with Gasteiger partial charge in [-0.2, -0.15) is 0 Å². The first-order valence-electron chi connectivity index (χ1n) is 7.25. The van der Waals surface area contributed by atoms with Gasteiger partial charge < -0.3 is 9.84 Å². The Hall–Kier alpha value is -1.20. The predicted molar refractivity (Wildman–Crippen MR) is 85.1 cm³/mol. The van der Waals surface area contributed by atoms with E-state index in [2.05, 4.69) is 12.2 Å². The van der Waals surface area contributed by atoms with Gasteiger partial charge >= 0.3 is 5.97 Å². The Morgan fingerprint density at radius 3 is 2.57 bits per heavy atom. The molecule has 0 aliphatic heterocycles. The fraction of sp³-hybridized carbons (Fsp3) is 0.562. The number of aliphatic carboxylic acids is 1. The number of ether oxygens (including phenoxy) is 1. The zero-order valence-electron chi connectivity index (χ0n) is 12.8. The van der Waals surface area contributed by atoms with Crippen LogP contribution in [0.2, 0.25) is 0 Å². The van der Waals surface area contributed by atoms with Gasteiger partial charge in [0.15, 0.2) is 0 Å². The topological polar surface area (TPSA) is 58.6 Å². The van der Waals surface area contributed by atoms with E-state index in [1.165, 1.54) is 0 Å². The Bertz CT molecular complexity index is 487. The molecule has 116 valence electrons. The van der Waals surface area contributed by atoms with Gasteiger partial charge in [0.05, 0.1) is 7.11 Å².